The predicted octanol–water partition coefficient (Wildman–Crippen LogP) is 2.77. The third kappa shape index (κ3) is 3.55. The van der Waals surface area contributed by atoms with Crippen LogP contribution >= 0.6 is 0 Å². The first-order valence-electron chi connectivity index (χ1n) is 7.82. The lowest BCUT2D eigenvalue weighted by Gasteiger charge is -2.19. The number of carbonyl (C=O) groups is 2. The summed E-state index contributed by atoms with van der Waals surface area (Å²) in [5.74, 6) is -0.993. The molecule has 5 nitrogen and oxygen atoms in total. The Labute approximate surface area is 147 Å². The second kappa shape index (κ2) is 6.80. The lowest BCUT2D eigenvalue weighted by molar-refractivity contribution is -0.137. The van der Waals surface area contributed by atoms with Gasteiger partial charge in [0.05, 0.1) is 29.3 Å². The largest absolute Gasteiger partial charge is 0.416 e. The highest BCUT2D eigenvalue weighted by atomic mass is 19.4. The molecule has 0 bridgehead atoms. The molecule has 136 valence electrons. The minimum Gasteiger partial charge on any atom is -0.389 e. The van der Waals surface area contributed by atoms with Crippen molar-refractivity contribution in [2.24, 2.45) is 0 Å². The number of alkyl halides is 3. The molecule has 1 aliphatic heterocycles. The van der Waals surface area contributed by atoms with E-state index in [0.717, 1.165) is 17.0 Å². The third-order valence-electron chi connectivity index (χ3n) is 4.00. The number of nitrogens with zero attached hydrogens (tertiary/aromatic N) is 1. The van der Waals surface area contributed by atoms with E-state index in [1.54, 1.807) is 12.1 Å². The minimum atomic E-state index is -4.46. The van der Waals surface area contributed by atoms with Crippen molar-refractivity contribution >= 4 is 17.5 Å². The summed E-state index contributed by atoms with van der Waals surface area (Å²) >= 11 is 0. The van der Waals surface area contributed by atoms with Crippen LogP contribution in [0.25, 0.3) is 0 Å². The number of fused-ring (bicyclic) bond motifs is 1. The van der Waals surface area contributed by atoms with Crippen molar-refractivity contribution in [2.45, 2.75) is 12.3 Å². The molecule has 1 atom stereocenters. The molecule has 0 radical (unpaired) electrons. The van der Waals surface area contributed by atoms with Crippen LogP contribution in [0, 0.1) is 0 Å². The first-order valence-corrected chi connectivity index (χ1v) is 7.82. The zero-order valence-electron chi connectivity index (χ0n) is 13.5. The number of imide groups is 1. The molecule has 0 aromatic heterocycles. The van der Waals surface area contributed by atoms with Crippen molar-refractivity contribution < 1.29 is 27.9 Å². The number of halogens is 3. The van der Waals surface area contributed by atoms with Crippen LogP contribution in [0.15, 0.2) is 48.5 Å². The Balaban J connectivity index is 1.61. The van der Waals surface area contributed by atoms with Gasteiger partial charge in [0, 0.05) is 12.2 Å². The van der Waals surface area contributed by atoms with Gasteiger partial charge in [-0.1, -0.05) is 18.2 Å². The third-order valence-corrected chi connectivity index (χ3v) is 4.00. The van der Waals surface area contributed by atoms with Gasteiger partial charge in [0.2, 0.25) is 0 Å². The monoisotopic (exact) mass is 364 g/mol. The normalized spacial score (nSPS) is 15.2. The predicted molar refractivity (Wildman–Crippen MR) is 87.7 cm³/mol. The summed E-state index contributed by atoms with van der Waals surface area (Å²) in [7, 11) is 0. The minimum absolute atomic E-state index is 0.116. The van der Waals surface area contributed by atoms with Gasteiger partial charge < -0.3 is 10.4 Å². The van der Waals surface area contributed by atoms with Crippen molar-refractivity contribution in [1.82, 2.24) is 4.90 Å². The van der Waals surface area contributed by atoms with Gasteiger partial charge in [0.1, 0.15) is 0 Å². The van der Waals surface area contributed by atoms with E-state index >= 15 is 0 Å². The number of amides is 2. The zero-order chi connectivity index (χ0) is 18.9. The Morgan fingerprint density at radius 2 is 1.62 bits per heavy atom. The van der Waals surface area contributed by atoms with Crippen molar-refractivity contribution in [3.05, 3.63) is 65.2 Å². The Hall–Kier alpha value is -2.87. The molecule has 0 unspecified atom stereocenters. The van der Waals surface area contributed by atoms with Gasteiger partial charge in [-0.3, -0.25) is 14.5 Å². The molecule has 1 aliphatic rings. The molecule has 2 amide bonds. The average Bonchev–Trinajstić information content (AvgIpc) is 2.85. The fourth-order valence-corrected chi connectivity index (χ4v) is 2.72. The highest BCUT2D eigenvalue weighted by molar-refractivity contribution is 6.21. The van der Waals surface area contributed by atoms with Gasteiger partial charge in [0.15, 0.2) is 0 Å². The fourth-order valence-electron chi connectivity index (χ4n) is 2.72. The number of rotatable bonds is 5. The maximum absolute atomic E-state index is 12.7. The second-order valence-corrected chi connectivity index (χ2v) is 5.88. The highest BCUT2D eigenvalue weighted by Gasteiger charge is 2.36. The van der Waals surface area contributed by atoms with Crippen LogP contribution in [0.2, 0.25) is 0 Å². The molecule has 2 aromatic rings. The number of hydrogen-bond donors (Lipinski definition) is 2. The Morgan fingerprint density at radius 1 is 1.00 bits per heavy atom. The van der Waals surface area contributed by atoms with Crippen molar-refractivity contribution in [3.8, 4) is 0 Å². The highest BCUT2D eigenvalue weighted by Crippen LogP contribution is 2.30. The van der Waals surface area contributed by atoms with E-state index < -0.39 is 29.7 Å². The van der Waals surface area contributed by atoms with Crippen molar-refractivity contribution in [1.29, 1.82) is 0 Å². The molecule has 0 aliphatic carbocycles. The standard InChI is InChI=1S/C18H15F3N2O3/c19-18(20,21)11-4-3-5-12(8-11)22-9-13(24)10-23-16(25)14-6-1-2-7-15(14)17(23)26/h1-8,13,22,24H,9-10H2/t13-/m0/s1. The Morgan fingerprint density at radius 3 is 2.19 bits per heavy atom. The number of benzene rings is 2. The summed E-state index contributed by atoms with van der Waals surface area (Å²) in [5.41, 5.74) is -0.0790. The van der Waals surface area contributed by atoms with E-state index in [-0.39, 0.29) is 29.9 Å². The summed E-state index contributed by atoms with van der Waals surface area (Å²) in [5, 5.41) is 12.8. The fraction of sp³-hybridized carbons (Fsp3) is 0.222. The van der Waals surface area contributed by atoms with E-state index in [0.29, 0.717) is 0 Å². The van der Waals surface area contributed by atoms with E-state index in [4.69, 9.17) is 0 Å². The van der Waals surface area contributed by atoms with E-state index in [1.165, 1.54) is 24.3 Å². The summed E-state index contributed by atoms with van der Waals surface area (Å²) in [4.78, 5) is 25.4. The lowest BCUT2D eigenvalue weighted by atomic mass is 10.1. The molecule has 3 rings (SSSR count). The summed E-state index contributed by atoms with van der Waals surface area (Å²) < 4.78 is 38.1. The van der Waals surface area contributed by atoms with Crippen LogP contribution in [0.5, 0.6) is 0 Å². The topological polar surface area (TPSA) is 69.6 Å². The quantitative estimate of drug-likeness (QED) is 0.801. The Bertz CT molecular complexity index is 817. The number of anilines is 1. The number of carbonyl (C=O) groups excluding carboxylic acids is 2. The van der Waals surface area contributed by atoms with Gasteiger partial charge in [-0.2, -0.15) is 13.2 Å². The van der Waals surface area contributed by atoms with Gasteiger partial charge in [-0.15, -0.1) is 0 Å². The molecule has 8 heteroatoms. The molecule has 26 heavy (non-hydrogen) atoms. The average molecular weight is 364 g/mol. The number of aliphatic hydroxyl groups is 1. The maximum atomic E-state index is 12.7. The van der Waals surface area contributed by atoms with Gasteiger partial charge in [-0.25, -0.2) is 0 Å². The molecule has 0 saturated heterocycles. The van der Waals surface area contributed by atoms with Gasteiger partial charge in [0.25, 0.3) is 11.8 Å². The maximum Gasteiger partial charge on any atom is 0.416 e. The van der Waals surface area contributed by atoms with Crippen LogP contribution < -0.4 is 5.32 Å². The zero-order valence-corrected chi connectivity index (χ0v) is 13.5. The van der Waals surface area contributed by atoms with E-state index in [2.05, 4.69) is 5.32 Å². The van der Waals surface area contributed by atoms with E-state index in [1.807, 2.05) is 0 Å². The molecule has 0 spiro atoms. The Kier molecular flexibility index (Phi) is 4.69. The molecule has 2 aromatic carbocycles. The molecule has 2 N–H and O–H groups in total. The van der Waals surface area contributed by atoms with Gasteiger partial charge >= 0.3 is 6.18 Å². The molecular formula is C18H15F3N2O3. The number of hydrogen-bond acceptors (Lipinski definition) is 4. The first kappa shape index (κ1) is 17.9. The molecular weight excluding hydrogens is 349 g/mol. The lowest BCUT2D eigenvalue weighted by Crippen LogP contribution is -2.39. The van der Waals surface area contributed by atoms with Gasteiger partial charge in [-0.05, 0) is 30.3 Å². The van der Waals surface area contributed by atoms with Crippen molar-refractivity contribution in [3.63, 3.8) is 0 Å². The van der Waals surface area contributed by atoms with Crippen LogP contribution in [-0.4, -0.2) is 41.0 Å². The van der Waals surface area contributed by atoms with E-state index in [9.17, 15) is 27.9 Å². The summed E-state index contributed by atoms with van der Waals surface area (Å²) in [6.45, 7) is -0.368. The van der Waals surface area contributed by atoms with Crippen LogP contribution in [0.3, 0.4) is 0 Å². The van der Waals surface area contributed by atoms with Crippen LogP contribution in [0.4, 0.5) is 18.9 Å². The van der Waals surface area contributed by atoms with Crippen LogP contribution in [-0.2, 0) is 6.18 Å². The molecule has 1 heterocycles. The van der Waals surface area contributed by atoms with Crippen LogP contribution in [0.1, 0.15) is 26.3 Å². The number of nitrogens with one attached hydrogen (secondary N) is 1. The van der Waals surface area contributed by atoms with Crippen molar-refractivity contribution in [2.75, 3.05) is 18.4 Å². The molecule has 0 fully saturated rings. The summed E-state index contributed by atoms with van der Waals surface area (Å²) in [6.07, 6.45) is -5.59. The smallest absolute Gasteiger partial charge is 0.389 e. The first-order chi connectivity index (χ1) is 12.3. The SMILES string of the molecule is O=C1c2ccccc2C(=O)N1C[C@@H](O)CNc1cccc(C(F)(F)F)c1. The number of β-amino-alcohol motifs (C(OH)–C–C–N with tert-alkyl or cyclic N) is 1. The second-order valence-electron chi connectivity index (χ2n) is 5.88. The summed E-state index contributed by atoms with van der Waals surface area (Å²) in [6, 6.07) is 10.9. The number of aliphatic hydroxyl groups excluding tert-OH is 1. The molecule has 0 saturated carbocycles.